The normalized spacial score (nSPS) is 17.8. The van der Waals surface area contributed by atoms with Crippen LogP contribution in [0.1, 0.15) is 94.9 Å². The monoisotopic (exact) mass is 557 g/mol. The molecular formula is C35H31N3O4. The Hall–Kier alpha value is -5.01. The summed E-state index contributed by atoms with van der Waals surface area (Å²) in [4.78, 5) is 39.5. The zero-order valence-corrected chi connectivity index (χ0v) is 24.7. The van der Waals surface area contributed by atoms with Crippen molar-refractivity contribution < 1.29 is 19.1 Å². The molecule has 0 bridgehead atoms. The van der Waals surface area contributed by atoms with Crippen molar-refractivity contribution in [2.45, 2.75) is 58.2 Å². The minimum absolute atomic E-state index is 0.0228. The van der Waals surface area contributed by atoms with E-state index in [1.165, 1.54) is 0 Å². The molecule has 3 aliphatic rings. The molecule has 3 aromatic rings. The predicted octanol–water partition coefficient (Wildman–Crippen LogP) is 5.66. The molecule has 42 heavy (non-hydrogen) atoms. The van der Waals surface area contributed by atoms with Crippen molar-refractivity contribution >= 4 is 34.4 Å². The van der Waals surface area contributed by atoms with Crippen molar-refractivity contribution in [2.75, 3.05) is 23.1 Å². The third kappa shape index (κ3) is 4.04. The highest BCUT2D eigenvalue weighted by Crippen LogP contribution is 2.41. The van der Waals surface area contributed by atoms with Crippen molar-refractivity contribution in [2.24, 2.45) is 0 Å². The first-order chi connectivity index (χ1) is 19.7. The number of ether oxygens (including phenoxy) is 1. The quantitative estimate of drug-likeness (QED) is 0.333. The fourth-order valence-electron chi connectivity index (χ4n) is 5.71. The largest absolute Gasteiger partial charge is 0.495 e. The van der Waals surface area contributed by atoms with Gasteiger partial charge in [0.15, 0.2) is 17.3 Å². The molecule has 0 saturated heterocycles. The molecule has 0 radical (unpaired) electrons. The molecule has 0 aliphatic carbocycles. The number of nitrogens with one attached hydrogen (secondary N) is 3. The molecule has 3 aliphatic heterocycles. The SMILES string of the molecule is COc1ccc(C#Cc2ccc(C#Cc3cccc4c3NC(C)(C)C4=O)c3c2NC(C)(C)C3=O)c2c1NC(C)(C)C2=O. The predicted molar refractivity (Wildman–Crippen MR) is 164 cm³/mol. The number of carbonyl (C=O) groups is 3. The number of rotatable bonds is 1. The van der Waals surface area contributed by atoms with Crippen LogP contribution in [0.4, 0.5) is 17.1 Å². The number of ketones is 3. The average molecular weight is 558 g/mol. The van der Waals surface area contributed by atoms with Gasteiger partial charge in [0.1, 0.15) is 5.75 Å². The number of fused-ring (bicyclic) bond motifs is 3. The first kappa shape index (κ1) is 27.2. The minimum atomic E-state index is -0.839. The summed E-state index contributed by atoms with van der Waals surface area (Å²) in [6, 6.07) is 12.7. The van der Waals surface area contributed by atoms with E-state index in [-0.39, 0.29) is 17.3 Å². The van der Waals surface area contributed by atoms with E-state index in [0.717, 1.165) is 0 Å². The molecule has 0 amide bonds. The van der Waals surface area contributed by atoms with Gasteiger partial charge in [0, 0.05) is 27.8 Å². The maximum absolute atomic E-state index is 13.5. The van der Waals surface area contributed by atoms with Gasteiger partial charge >= 0.3 is 0 Å². The molecule has 7 heteroatoms. The Bertz CT molecular complexity index is 1890. The number of Topliss-reactive ketones (excluding diaryl/α,β-unsaturated/α-hetero) is 3. The third-order valence-corrected chi connectivity index (χ3v) is 8.03. The van der Waals surface area contributed by atoms with Gasteiger partial charge in [-0.15, -0.1) is 0 Å². The van der Waals surface area contributed by atoms with Crippen LogP contribution in [0.15, 0.2) is 42.5 Å². The van der Waals surface area contributed by atoms with Gasteiger partial charge in [-0.25, -0.2) is 0 Å². The van der Waals surface area contributed by atoms with Gasteiger partial charge in [-0.1, -0.05) is 29.7 Å². The van der Waals surface area contributed by atoms with E-state index in [1.807, 2.05) is 59.7 Å². The zero-order chi connectivity index (χ0) is 30.2. The Kier molecular flexibility index (Phi) is 5.82. The molecule has 7 nitrogen and oxygen atoms in total. The Balaban J connectivity index is 1.43. The summed E-state index contributed by atoms with van der Waals surface area (Å²) < 4.78 is 5.48. The Morgan fingerprint density at radius 3 is 1.62 bits per heavy atom. The van der Waals surface area contributed by atoms with Crippen LogP contribution in [0, 0.1) is 23.7 Å². The van der Waals surface area contributed by atoms with E-state index in [9.17, 15) is 14.4 Å². The Labute approximate surface area is 245 Å². The standard InChI is InChI=1S/C35H31N3O4/c1-33(2)30(39)23-10-8-9-21(27(23)36-33)14-11-19-12-15-22(28-25(19)31(40)34(3,4)37-28)16-13-20-17-18-24(42-7)29-26(20)32(41)35(5,6)38-29/h8-10,12,15,17-18,36-38H,1-7H3. The van der Waals surface area contributed by atoms with Crippen LogP contribution in [0.3, 0.4) is 0 Å². The zero-order valence-electron chi connectivity index (χ0n) is 24.7. The number of methoxy groups -OCH3 is 1. The van der Waals surface area contributed by atoms with Crippen molar-refractivity contribution in [3.8, 4) is 29.4 Å². The number of anilines is 3. The van der Waals surface area contributed by atoms with E-state index in [4.69, 9.17) is 4.74 Å². The molecule has 3 aromatic carbocycles. The third-order valence-electron chi connectivity index (χ3n) is 8.03. The van der Waals surface area contributed by atoms with Crippen LogP contribution in [-0.2, 0) is 0 Å². The summed E-state index contributed by atoms with van der Waals surface area (Å²) in [6.45, 7) is 11.0. The average Bonchev–Trinajstić information content (AvgIpc) is 3.44. The highest BCUT2D eigenvalue weighted by atomic mass is 16.5. The summed E-state index contributed by atoms with van der Waals surface area (Å²) in [5, 5.41) is 9.89. The summed E-state index contributed by atoms with van der Waals surface area (Å²) in [5.74, 6) is 13.2. The van der Waals surface area contributed by atoms with Crippen LogP contribution in [0.2, 0.25) is 0 Å². The molecule has 0 spiro atoms. The van der Waals surface area contributed by atoms with Gasteiger partial charge in [-0.05, 0) is 77.9 Å². The first-order valence-corrected chi connectivity index (χ1v) is 13.8. The highest BCUT2D eigenvalue weighted by molar-refractivity contribution is 6.17. The van der Waals surface area contributed by atoms with Gasteiger partial charge in [-0.2, -0.15) is 0 Å². The second kappa shape index (κ2) is 8.99. The fourth-order valence-corrected chi connectivity index (χ4v) is 5.71. The van der Waals surface area contributed by atoms with E-state index >= 15 is 0 Å². The molecule has 0 saturated carbocycles. The fraction of sp³-hybridized carbons (Fsp3) is 0.286. The number of hydrogen-bond donors (Lipinski definition) is 3. The number of para-hydroxylation sites is 1. The van der Waals surface area contributed by atoms with E-state index < -0.39 is 16.6 Å². The summed E-state index contributed by atoms with van der Waals surface area (Å²) in [5.41, 5.74) is 3.72. The van der Waals surface area contributed by atoms with E-state index in [2.05, 4.69) is 39.6 Å². The maximum Gasteiger partial charge on any atom is 0.191 e. The van der Waals surface area contributed by atoms with Gasteiger partial charge < -0.3 is 20.7 Å². The summed E-state index contributed by atoms with van der Waals surface area (Å²) >= 11 is 0. The Morgan fingerprint density at radius 2 is 1.00 bits per heavy atom. The van der Waals surface area contributed by atoms with Crippen molar-refractivity contribution in [1.29, 1.82) is 0 Å². The molecule has 0 unspecified atom stereocenters. The molecule has 210 valence electrons. The van der Waals surface area contributed by atoms with Gasteiger partial charge in [0.2, 0.25) is 0 Å². The molecule has 0 atom stereocenters. The van der Waals surface area contributed by atoms with Crippen LogP contribution in [0.5, 0.6) is 5.75 Å². The van der Waals surface area contributed by atoms with Gasteiger partial charge in [-0.3, -0.25) is 14.4 Å². The molecule has 0 fully saturated rings. The van der Waals surface area contributed by atoms with Crippen LogP contribution < -0.4 is 20.7 Å². The smallest absolute Gasteiger partial charge is 0.191 e. The lowest BCUT2D eigenvalue weighted by molar-refractivity contribution is 0.0932. The maximum atomic E-state index is 13.5. The lowest BCUT2D eigenvalue weighted by Gasteiger charge is -2.16. The molecular weight excluding hydrogens is 526 g/mol. The van der Waals surface area contributed by atoms with Gasteiger partial charge in [0.25, 0.3) is 0 Å². The van der Waals surface area contributed by atoms with Crippen molar-refractivity contribution in [1.82, 2.24) is 0 Å². The first-order valence-electron chi connectivity index (χ1n) is 13.8. The lowest BCUT2D eigenvalue weighted by atomic mass is 9.93. The minimum Gasteiger partial charge on any atom is -0.495 e. The highest BCUT2D eigenvalue weighted by Gasteiger charge is 2.42. The molecule has 3 heterocycles. The van der Waals surface area contributed by atoms with Crippen LogP contribution in [-0.4, -0.2) is 41.1 Å². The molecule has 6 rings (SSSR count). The van der Waals surface area contributed by atoms with E-state index in [0.29, 0.717) is 61.8 Å². The molecule has 0 aromatic heterocycles. The van der Waals surface area contributed by atoms with Gasteiger partial charge in [0.05, 0.1) is 51.9 Å². The Morgan fingerprint density at radius 1 is 0.548 bits per heavy atom. The lowest BCUT2D eigenvalue weighted by Crippen LogP contribution is -2.34. The molecule has 3 N–H and O–H groups in total. The van der Waals surface area contributed by atoms with E-state index in [1.54, 1.807) is 31.4 Å². The number of benzene rings is 3. The number of carbonyl (C=O) groups excluding carboxylic acids is 3. The van der Waals surface area contributed by atoms with Crippen molar-refractivity contribution in [3.05, 3.63) is 81.4 Å². The summed E-state index contributed by atoms with van der Waals surface area (Å²) in [7, 11) is 1.57. The second-order valence-electron chi connectivity index (χ2n) is 12.4. The second-order valence-corrected chi connectivity index (χ2v) is 12.4. The number of hydrogen-bond acceptors (Lipinski definition) is 7. The van der Waals surface area contributed by atoms with Crippen molar-refractivity contribution in [3.63, 3.8) is 0 Å². The topological polar surface area (TPSA) is 96.5 Å². The van der Waals surface area contributed by atoms with Crippen LogP contribution >= 0.6 is 0 Å². The summed E-state index contributed by atoms with van der Waals surface area (Å²) in [6.07, 6.45) is 0. The van der Waals surface area contributed by atoms with Crippen LogP contribution in [0.25, 0.3) is 0 Å².